The lowest BCUT2D eigenvalue weighted by Crippen LogP contribution is -2.35. The van der Waals surface area contributed by atoms with Gasteiger partial charge in [0.05, 0.1) is 10.9 Å². The molecular formula is C18H19F3N4O4S. The Hall–Kier alpha value is -2.60. The second kappa shape index (κ2) is 8.64. The van der Waals surface area contributed by atoms with Gasteiger partial charge in [-0.15, -0.1) is 0 Å². The van der Waals surface area contributed by atoms with E-state index >= 15 is 0 Å². The SMILES string of the molecule is O=C(O)C(F)(F)F.O=S(=O)(C1CC1)N1CCc2ncnc(-c3ccncc3)c2CC1. The predicted octanol–water partition coefficient (Wildman–Crippen LogP) is 2.06. The fourth-order valence-electron chi connectivity index (χ4n) is 3.10. The van der Waals surface area contributed by atoms with E-state index < -0.39 is 22.2 Å². The minimum atomic E-state index is -5.08. The molecular weight excluding hydrogens is 425 g/mol. The van der Waals surface area contributed by atoms with E-state index in [0.717, 1.165) is 35.4 Å². The average Bonchev–Trinajstić information content (AvgIpc) is 3.55. The standard InChI is InChI=1S/C16H18N4O2S.C2HF3O2/c21-23(22,13-1-2-13)20-9-5-14-15(6-10-20)18-11-19-16(14)12-3-7-17-8-4-12;3-2(4,5)1(6)7/h3-4,7-8,11,13H,1-2,5-6,9-10H2;(H,6,7). The number of alkyl halides is 3. The van der Waals surface area contributed by atoms with Crippen molar-refractivity contribution in [2.24, 2.45) is 0 Å². The number of carboxylic acids is 1. The van der Waals surface area contributed by atoms with Crippen LogP contribution in [0.4, 0.5) is 13.2 Å². The summed E-state index contributed by atoms with van der Waals surface area (Å²) in [7, 11) is -3.13. The maximum atomic E-state index is 12.5. The highest BCUT2D eigenvalue weighted by Crippen LogP contribution is 2.33. The second-order valence-electron chi connectivity index (χ2n) is 6.83. The maximum absolute atomic E-state index is 12.5. The van der Waals surface area contributed by atoms with Gasteiger partial charge in [-0.1, -0.05) is 0 Å². The molecule has 4 rings (SSSR count). The molecule has 0 saturated heterocycles. The number of pyridine rings is 1. The molecule has 30 heavy (non-hydrogen) atoms. The van der Waals surface area contributed by atoms with E-state index in [0.29, 0.717) is 25.9 Å². The summed E-state index contributed by atoms with van der Waals surface area (Å²) in [5.41, 5.74) is 3.91. The number of aliphatic carboxylic acids is 1. The summed E-state index contributed by atoms with van der Waals surface area (Å²) in [4.78, 5) is 21.8. The zero-order valence-corrected chi connectivity index (χ0v) is 16.5. The lowest BCUT2D eigenvalue weighted by Gasteiger charge is -2.19. The first-order chi connectivity index (χ1) is 14.1. The van der Waals surface area contributed by atoms with Gasteiger partial charge in [0, 0.05) is 48.7 Å². The Labute approximate surface area is 170 Å². The molecule has 2 aliphatic rings. The van der Waals surface area contributed by atoms with Gasteiger partial charge in [0.2, 0.25) is 10.0 Å². The van der Waals surface area contributed by atoms with Gasteiger partial charge in [-0.25, -0.2) is 27.5 Å². The van der Waals surface area contributed by atoms with E-state index in [-0.39, 0.29) is 5.25 Å². The molecule has 0 amide bonds. The van der Waals surface area contributed by atoms with E-state index in [9.17, 15) is 21.6 Å². The molecule has 2 aromatic rings. The molecule has 8 nitrogen and oxygen atoms in total. The molecule has 0 unspecified atom stereocenters. The van der Waals surface area contributed by atoms with Crippen molar-refractivity contribution in [1.29, 1.82) is 0 Å². The minimum absolute atomic E-state index is 0.158. The number of aromatic nitrogens is 3. The Kier molecular flexibility index (Phi) is 6.36. The molecule has 1 aliphatic heterocycles. The molecule has 12 heteroatoms. The van der Waals surface area contributed by atoms with Crippen LogP contribution in [0.25, 0.3) is 11.3 Å². The zero-order valence-electron chi connectivity index (χ0n) is 15.7. The third kappa shape index (κ3) is 5.11. The number of carboxylic acid groups (broad SMARTS) is 1. The molecule has 2 aromatic heterocycles. The number of hydrogen-bond acceptors (Lipinski definition) is 6. The van der Waals surface area contributed by atoms with Crippen molar-refractivity contribution in [2.45, 2.75) is 37.1 Å². The van der Waals surface area contributed by atoms with E-state index in [2.05, 4.69) is 15.0 Å². The summed E-state index contributed by atoms with van der Waals surface area (Å²) >= 11 is 0. The van der Waals surface area contributed by atoms with Crippen LogP contribution in [0.3, 0.4) is 0 Å². The fraction of sp³-hybridized carbons (Fsp3) is 0.444. The van der Waals surface area contributed by atoms with E-state index in [1.165, 1.54) is 0 Å². The van der Waals surface area contributed by atoms with Crippen molar-refractivity contribution < 1.29 is 31.5 Å². The third-order valence-corrected chi connectivity index (χ3v) is 7.14. The van der Waals surface area contributed by atoms with E-state index in [4.69, 9.17) is 9.90 Å². The van der Waals surface area contributed by atoms with Crippen molar-refractivity contribution in [3.63, 3.8) is 0 Å². The van der Waals surface area contributed by atoms with Crippen molar-refractivity contribution >= 4 is 16.0 Å². The topological polar surface area (TPSA) is 113 Å². The second-order valence-corrected chi connectivity index (χ2v) is 9.04. The Balaban J connectivity index is 0.000000318. The summed E-state index contributed by atoms with van der Waals surface area (Å²) in [6.45, 7) is 1.02. The van der Waals surface area contributed by atoms with Gasteiger partial charge in [0.15, 0.2) is 0 Å². The van der Waals surface area contributed by atoms with Gasteiger partial charge in [0.1, 0.15) is 6.33 Å². The largest absolute Gasteiger partial charge is 0.490 e. The first-order valence-electron chi connectivity index (χ1n) is 9.13. The van der Waals surface area contributed by atoms with Gasteiger partial charge < -0.3 is 5.11 Å². The smallest absolute Gasteiger partial charge is 0.475 e. The molecule has 0 radical (unpaired) electrons. The van der Waals surface area contributed by atoms with Crippen molar-refractivity contribution in [2.75, 3.05) is 13.1 Å². The number of halogens is 3. The number of fused-ring (bicyclic) bond motifs is 1. The van der Waals surface area contributed by atoms with E-state index in [1.54, 1.807) is 23.0 Å². The van der Waals surface area contributed by atoms with Gasteiger partial charge >= 0.3 is 12.1 Å². The zero-order chi connectivity index (χ0) is 21.9. The quantitative estimate of drug-likeness (QED) is 0.771. The Morgan fingerprint density at radius 1 is 1.10 bits per heavy atom. The van der Waals surface area contributed by atoms with Crippen LogP contribution in [0.1, 0.15) is 24.1 Å². The fourth-order valence-corrected chi connectivity index (χ4v) is 4.94. The Bertz CT molecular complexity index is 1010. The van der Waals surface area contributed by atoms with E-state index in [1.807, 2.05) is 12.1 Å². The number of hydrogen-bond donors (Lipinski definition) is 1. The Morgan fingerprint density at radius 3 is 2.27 bits per heavy atom. The summed E-state index contributed by atoms with van der Waals surface area (Å²) in [6, 6.07) is 3.85. The molecule has 1 N–H and O–H groups in total. The molecule has 0 bridgehead atoms. The molecule has 0 aromatic carbocycles. The third-order valence-electron chi connectivity index (χ3n) is 4.75. The highest BCUT2D eigenvalue weighted by molar-refractivity contribution is 7.90. The van der Waals surface area contributed by atoms with Crippen LogP contribution in [0, 0.1) is 0 Å². The first-order valence-corrected chi connectivity index (χ1v) is 10.6. The van der Waals surface area contributed by atoms with Crippen LogP contribution >= 0.6 is 0 Å². The number of nitrogens with zero attached hydrogens (tertiary/aromatic N) is 4. The van der Waals surface area contributed by atoms with Crippen LogP contribution < -0.4 is 0 Å². The van der Waals surface area contributed by atoms with Crippen LogP contribution in [-0.2, 0) is 27.7 Å². The highest BCUT2D eigenvalue weighted by Gasteiger charge is 2.40. The average molecular weight is 444 g/mol. The molecule has 1 aliphatic carbocycles. The van der Waals surface area contributed by atoms with Gasteiger partial charge in [-0.2, -0.15) is 13.2 Å². The van der Waals surface area contributed by atoms with Crippen LogP contribution in [0.15, 0.2) is 30.9 Å². The molecule has 0 spiro atoms. The van der Waals surface area contributed by atoms with Gasteiger partial charge in [0.25, 0.3) is 0 Å². The minimum Gasteiger partial charge on any atom is -0.475 e. The van der Waals surface area contributed by atoms with Crippen molar-refractivity contribution in [1.82, 2.24) is 19.3 Å². The van der Waals surface area contributed by atoms with Crippen LogP contribution in [0.5, 0.6) is 0 Å². The van der Waals surface area contributed by atoms with Crippen LogP contribution in [-0.4, -0.2) is 63.3 Å². The molecule has 3 heterocycles. The van der Waals surface area contributed by atoms with Crippen LogP contribution in [0.2, 0.25) is 0 Å². The highest BCUT2D eigenvalue weighted by atomic mass is 32.2. The summed E-state index contributed by atoms with van der Waals surface area (Å²) in [5.74, 6) is -2.76. The Morgan fingerprint density at radius 2 is 1.70 bits per heavy atom. The summed E-state index contributed by atoms with van der Waals surface area (Å²) in [5, 5.41) is 6.97. The monoisotopic (exact) mass is 444 g/mol. The molecule has 1 fully saturated rings. The summed E-state index contributed by atoms with van der Waals surface area (Å²) < 4.78 is 58.4. The predicted molar refractivity (Wildman–Crippen MR) is 99.9 cm³/mol. The normalized spacial score (nSPS) is 17.3. The molecule has 0 atom stereocenters. The molecule has 1 saturated carbocycles. The maximum Gasteiger partial charge on any atom is 0.490 e. The van der Waals surface area contributed by atoms with Gasteiger partial charge in [-0.3, -0.25) is 4.98 Å². The lowest BCUT2D eigenvalue weighted by molar-refractivity contribution is -0.192. The van der Waals surface area contributed by atoms with Crippen molar-refractivity contribution in [3.8, 4) is 11.3 Å². The summed E-state index contributed by atoms with van der Waals surface area (Å²) in [6.07, 6.45) is 2.86. The number of carbonyl (C=O) groups is 1. The molecule has 162 valence electrons. The van der Waals surface area contributed by atoms with Crippen molar-refractivity contribution in [3.05, 3.63) is 42.1 Å². The first kappa shape index (κ1) is 22.1. The van der Waals surface area contributed by atoms with Gasteiger partial charge in [-0.05, 0) is 31.4 Å². The number of sulfonamides is 1. The lowest BCUT2D eigenvalue weighted by atomic mass is 10.0. The number of rotatable bonds is 3.